The molecule has 0 spiro atoms. The molecule has 0 atom stereocenters. The van der Waals surface area contributed by atoms with Crippen LogP contribution in [0.2, 0.25) is 0 Å². The van der Waals surface area contributed by atoms with E-state index in [1.165, 1.54) is 33.0 Å². The molecule has 240 valence electrons. The van der Waals surface area contributed by atoms with Gasteiger partial charge in [0.15, 0.2) is 5.58 Å². The average molecular weight is 653 g/mol. The van der Waals surface area contributed by atoms with Gasteiger partial charge < -0.3 is 13.9 Å². The van der Waals surface area contributed by atoms with Crippen LogP contribution < -0.4 is 4.90 Å². The summed E-state index contributed by atoms with van der Waals surface area (Å²) < 4.78 is 8.89. The maximum absolute atomic E-state index is 6.54. The van der Waals surface area contributed by atoms with Gasteiger partial charge >= 0.3 is 0 Å². The van der Waals surface area contributed by atoms with Crippen LogP contribution >= 0.6 is 0 Å². The summed E-state index contributed by atoms with van der Waals surface area (Å²) in [6.07, 6.45) is 0. The molecule has 0 bridgehead atoms. The third-order valence-electron chi connectivity index (χ3n) is 10.0. The Bertz CT molecular complexity index is 2750. The number of nitrogens with zero attached hydrogens (tertiary/aromatic N) is 2. The van der Waals surface area contributed by atoms with Crippen molar-refractivity contribution in [3.05, 3.63) is 194 Å². The van der Waals surface area contributed by atoms with Crippen LogP contribution in [0.15, 0.2) is 199 Å². The number of anilines is 3. The van der Waals surface area contributed by atoms with Crippen molar-refractivity contribution in [3.8, 4) is 27.9 Å². The molecule has 3 nitrogen and oxygen atoms in total. The predicted molar refractivity (Wildman–Crippen MR) is 214 cm³/mol. The molecule has 0 aliphatic carbocycles. The summed E-state index contributed by atoms with van der Waals surface area (Å²) in [5.41, 5.74) is 13.2. The van der Waals surface area contributed by atoms with Crippen LogP contribution in [0.3, 0.4) is 0 Å². The lowest BCUT2D eigenvalue weighted by Crippen LogP contribution is -2.10. The minimum Gasteiger partial charge on any atom is -0.454 e. The van der Waals surface area contributed by atoms with E-state index in [2.05, 4.69) is 191 Å². The number of fused-ring (bicyclic) bond motifs is 6. The van der Waals surface area contributed by atoms with Crippen molar-refractivity contribution in [1.82, 2.24) is 4.57 Å². The van der Waals surface area contributed by atoms with Crippen LogP contribution in [0.5, 0.6) is 0 Å². The molecule has 2 aromatic heterocycles. The van der Waals surface area contributed by atoms with Crippen molar-refractivity contribution in [2.45, 2.75) is 0 Å². The van der Waals surface area contributed by atoms with Crippen molar-refractivity contribution in [2.75, 3.05) is 4.90 Å². The first-order valence-electron chi connectivity index (χ1n) is 17.4. The van der Waals surface area contributed by atoms with Crippen LogP contribution in [0, 0.1) is 0 Å². The first kappa shape index (κ1) is 29.1. The van der Waals surface area contributed by atoms with Gasteiger partial charge in [-0.2, -0.15) is 0 Å². The molecule has 0 aliphatic heterocycles. The van der Waals surface area contributed by atoms with Crippen LogP contribution in [-0.4, -0.2) is 4.57 Å². The van der Waals surface area contributed by atoms with Gasteiger partial charge in [0.1, 0.15) is 5.58 Å². The molecule has 3 heteroatoms. The second-order valence-corrected chi connectivity index (χ2v) is 13.0. The Hall–Kier alpha value is -6.84. The highest BCUT2D eigenvalue weighted by atomic mass is 16.3. The van der Waals surface area contributed by atoms with Gasteiger partial charge in [-0.25, -0.2) is 0 Å². The van der Waals surface area contributed by atoms with Gasteiger partial charge in [-0.1, -0.05) is 133 Å². The Morgan fingerprint density at radius 1 is 0.353 bits per heavy atom. The zero-order chi connectivity index (χ0) is 33.7. The third-order valence-corrected chi connectivity index (χ3v) is 10.0. The van der Waals surface area contributed by atoms with E-state index in [1.54, 1.807) is 0 Å². The smallest absolute Gasteiger partial charge is 0.159 e. The lowest BCUT2D eigenvalue weighted by molar-refractivity contribution is 0.666. The fourth-order valence-electron chi connectivity index (χ4n) is 7.58. The quantitative estimate of drug-likeness (QED) is 0.178. The molecular weight excluding hydrogens is 621 g/mol. The summed E-state index contributed by atoms with van der Waals surface area (Å²) in [4.78, 5) is 2.36. The van der Waals surface area contributed by atoms with Crippen LogP contribution in [-0.2, 0) is 0 Å². The molecule has 0 fully saturated rings. The second-order valence-electron chi connectivity index (χ2n) is 13.0. The fraction of sp³-hybridized carbons (Fsp3) is 0. The van der Waals surface area contributed by atoms with Crippen LogP contribution in [0.25, 0.3) is 71.7 Å². The number of hydrogen-bond acceptors (Lipinski definition) is 2. The van der Waals surface area contributed by atoms with Gasteiger partial charge in [0.2, 0.25) is 0 Å². The third kappa shape index (κ3) is 4.90. The Morgan fingerprint density at radius 3 is 1.53 bits per heavy atom. The van der Waals surface area contributed by atoms with E-state index < -0.39 is 0 Å². The molecular formula is C48H32N2O. The lowest BCUT2D eigenvalue weighted by atomic mass is 10.0. The first-order valence-corrected chi connectivity index (χ1v) is 17.4. The number of para-hydroxylation sites is 3. The topological polar surface area (TPSA) is 21.3 Å². The minimum absolute atomic E-state index is 0.893. The van der Waals surface area contributed by atoms with Crippen molar-refractivity contribution in [1.29, 1.82) is 0 Å². The monoisotopic (exact) mass is 652 g/mol. The van der Waals surface area contributed by atoms with Gasteiger partial charge in [-0.05, 0) is 82.9 Å². The Morgan fingerprint density at radius 2 is 0.863 bits per heavy atom. The van der Waals surface area contributed by atoms with Crippen molar-refractivity contribution in [3.63, 3.8) is 0 Å². The Labute approximate surface area is 295 Å². The number of benzene rings is 8. The van der Waals surface area contributed by atoms with E-state index in [1.807, 2.05) is 12.1 Å². The SMILES string of the molecule is c1ccc(-c2ccc(N(c3ccc(-c4ccccc4)cc3)c3ccc4c(c3)c3ccccc3n4-c3cccc4c3oc3ccccc34)cc2)cc1. The fourth-order valence-corrected chi connectivity index (χ4v) is 7.58. The maximum Gasteiger partial charge on any atom is 0.159 e. The van der Waals surface area contributed by atoms with Crippen molar-refractivity contribution < 1.29 is 4.42 Å². The summed E-state index contributed by atoms with van der Waals surface area (Å²) in [7, 11) is 0. The Kier molecular flexibility index (Phi) is 6.81. The summed E-state index contributed by atoms with van der Waals surface area (Å²) in [6, 6.07) is 69.1. The summed E-state index contributed by atoms with van der Waals surface area (Å²) in [6.45, 7) is 0. The molecule has 0 amide bonds. The second kappa shape index (κ2) is 11.9. The molecule has 0 saturated heterocycles. The van der Waals surface area contributed by atoms with Crippen LogP contribution in [0.1, 0.15) is 0 Å². The van der Waals surface area contributed by atoms with Crippen molar-refractivity contribution >= 4 is 60.8 Å². The maximum atomic E-state index is 6.54. The summed E-state index contributed by atoms with van der Waals surface area (Å²) in [5, 5.41) is 4.63. The number of rotatable bonds is 6. The molecule has 10 rings (SSSR count). The zero-order valence-electron chi connectivity index (χ0n) is 27.8. The van der Waals surface area contributed by atoms with Gasteiger partial charge in [0.05, 0.1) is 16.7 Å². The van der Waals surface area contributed by atoms with E-state index >= 15 is 0 Å². The van der Waals surface area contributed by atoms with E-state index in [9.17, 15) is 0 Å². The Balaban J connectivity index is 1.16. The normalized spacial score (nSPS) is 11.5. The van der Waals surface area contributed by atoms with Crippen LogP contribution in [0.4, 0.5) is 17.1 Å². The molecule has 0 unspecified atom stereocenters. The highest BCUT2D eigenvalue weighted by molar-refractivity contribution is 6.13. The van der Waals surface area contributed by atoms with E-state index in [4.69, 9.17) is 4.42 Å². The van der Waals surface area contributed by atoms with E-state index in [-0.39, 0.29) is 0 Å². The van der Waals surface area contributed by atoms with E-state index in [0.717, 1.165) is 55.7 Å². The molecule has 10 aromatic rings. The highest BCUT2D eigenvalue weighted by Gasteiger charge is 2.20. The standard InChI is InChI=1S/C48H32N2O/c1-3-12-33(13-4-1)35-22-26-37(27-23-35)49(38-28-24-36(25-29-38)34-14-5-2-6-15-34)39-30-31-45-43(32-39)40-16-7-9-19-44(40)50(45)46-20-11-18-42-41-17-8-10-21-47(41)51-48(42)46/h1-32H. The number of aromatic nitrogens is 1. The summed E-state index contributed by atoms with van der Waals surface area (Å²) in [5.74, 6) is 0. The molecule has 2 heterocycles. The number of furan rings is 1. The van der Waals surface area contributed by atoms with Crippen molar-refractivity contribution in [2.24, 2.45) is 0 Å². The molecule has 0 saturated carbocycles. The number of hydrogen-bond donors (Lipinski definition) is 0. The van der Waals surface area contributed by atoms with E-state index in [0.29, 0.717) is 0 Å². The first-order chi connectivity index (χ1) is 25.3. The predicted octanol–water partition coefficient (Wildman–Crippen LogP) is 13.5. The highest BCUT2D eigenvalue weighted by Crippen LogP contribution is 2.42. The minimum atomic E-state index is 0.893. The zero-order valence-corrected chi connectivity index (χ0v) is 27.8. The lowest BCUT2D eigenvalue weighted by Gasteiger charge is -2.26. The molecule has 0 radical (unpaired) electrons. The van der Waals surface area contributed by atoms with Gasteiger partial charge in [-0.3, -0.25) is 0 Å². The molecule has 0 N–H and O–H groups in total. The molecule has 0 aliphatic rings. The van der Waals surface area contributed by atoms with Gasteiger partial charge in [0, 0.05) is 38.6 Å². The summed E-state index contributed by atoms with van der Waals surface area (Å²) >= 11 is 0. The molecule has 8 aromatic carbocycles. The van der Waals surface area contributed by atoms with Gasteiger partial charge in [0.25, 0.3) is 0 Å². The molecule has 51 heavy (non-hydrogen) atoms. The average Bonchev–Trinajstić information content (AvgIpc) is 3.75. The largest absolute Gasteiger partial charge is 0.454 e. The van der Waals surface area contributed by atoms with Gasteiger partial charge in [-0.15, -0.1) is 0 Å².